The second-order valence-corrected chi connectivity index (χ2v) is 7.37. The Morgan fingerprint density at radius 3 is 2.70 bits per heavy atom. The molecule has 27 heavy (non-hydrogen) atoms. The van der Waals surface area contributed by atoms with Crippen molar-refractivity contribution in [2.45, 2.75) is 25.4 Å². The third-order valence-electron chi connectivity index (χ3n) is 5.61. The average molecular weight is 366 g/mol. The molecule has 2 heterocycles. The zero-order valence-corrected chi connectivity index (χ0v) is 15.6. The Morgan fingerprint density at radius 1 is 1.15 bits per heavy atom. The largest absolute Gasteiger partial charge is 0.497 e. The number of imide groups is 1. The lowest BCUT2D eigenvalue weighted by Gasteiger charge is -2.28. The lowest BCUT2D eigenvalue weighted by molar-refractivity contribution is -0.923. The summed E-state index contributed by atoms with van der Waals surface area (Å²) in [6, 6.07) is 15.3. The van der Waals surface area contributed by atoms with Crippen molar-refractivity contribution < 1.29 is 19.2 Å². The highest BCUT2D eigenvalue weighted by Gasteiger charge is 2.50. The van der Waals surface area contributed by atoms with Gasteiger partial charge in [0.15, 0.2) is 6.67 Å². The third-order valence-corrected chi connectivity index (χ3v) is 5.61. The van der Waals surface area contributed by atoms with E-state index >= 15 is 0 Å². The molecule has 4 rings (SSSR count). The highest BCUT2D eigenvalue weighted by atomic mass is 16.5. The fourth-order valence-electron chi connectivity index (χ4n) is 3.97. The molecular weight excluding hydrogens is 342 g/mol. The zero-order chi connectivity index (χ0) is 19.0. The molecule has 2 aromatic carbocycles. The highest BCUT2D eigenvalue weighted by Crippen LogP contribution is 2.30. The molecule has 2 atom stereocenters. The van der Waals surface area contributed by atoms with Crippen molar-refractivity contribution in [3.8, 4) is 5.75 Å². The van der Waals surface area contributed by atoms with Gasteiger partial charge in [-0.15, -0.1) is 0 Å². The van der Waals surface area contributed by atoms with Crippen LogP contribution in [0.1, 0.15) is 23.6 Å². The van der Waals surface area contributed by atoms with E-state index in [1.54, 1.807) is 20.1 Å². The SMILES string of the molecule is COc1cccc([C@]2(C)NC(=O)N(C[NH+]3CCc4ccccc4C3)C2=O)c1. The van der Waals surface area contributed by atoms with Crippen molar-refractivity contribution in [1.29, 1.82) is 0 Å². The fraction of sp³-hybridized carbons (Fsp3) is 0.333. The Hall–Kier alpha value is -2.86. The van der Waals surface area contributed by atoms with E-state index < -0.39 is 5.54 Å². The van der Waals surface area contributed by atoms with Crippen LogP contribution in [0, 0.1) is 0 Å². The number of hydrogen-bond acceptors (Lipinski definition) is 3. The van der Waals surface area contributed by atoms with Crippen LogP contribution in [0.15, 0.2) is 48.5 Å². The van der Waals surface area contributed by atoms with Gasteiger partial charge < -0.3 is 15.0 Å². The lowest BCUT2D eigenvalue weighted by atomic mass is 9.92. The van der Waals surface area contributed by atoms with E-state index in [1.807, 2.05) is 24.3 Å². The molecule has 6 nitrogen and oxygen atoms in total. The first-order valence-electron chi connectivity index (χ1n) is 9.20. The van der Waals surface area contributed by atoms with Crippen LogP contribution in [0.4, 0.5) is 4.79 Å². The summed E-state index contributed by atoms with van der Waals surface area (Å²) in [5.74, 6) is 0.444. The zero-order valence-electron chi connectivity index (χ0n) is 15.6. The van der Waals surface area contributed by atoms with E-state index in [1.165, 1.54) is 20.9 Å². The first-order chi connectivity index (χ1) is 13.0. The van der Waals surface area contributed by atoms with E-state index in [2.05, 4.69) is 23.5 Å². The molecule has 3 amide bonds. The van der Waals surface area contributed by atoms with Gasteiger partial charge in [-0.3, -0.25) is 4.79 Å². The summed E-state index contributed by atoms with van der Waals surface area (Å²) >= 11 is 0. The number of rotatable bonds is 4. The molecule has 0 bridgehead atoms. The van der Waals surface area contributed by atoms with Gasteiger partial charge in [-0.05, 0) is 30.2 Å². The Bertz CT molecular complexity index is 898. The van der Waals surface area contributed by atoms with Gasteiger partial charge in [0.1, 0.15) is 17.8 Å². The van der Waals surface area contributed by atoms with Crippen molar-refractivity contribution in [1.82, 2.24) is 10.2 Å². The highest BCUT2D eigenvalue weighted by molar-refractivity contribution is 6.07. The minimum Gasteiger partial charge on any atom is -0.497 e. The van der Waals surface area contributed by atoms with Gasteiger partial charge in [-0.1, -0.05) is 36.4 Å². The molecule has 2 aliphatic heterocycles. The van der Waals surface area contributed by atoms with E-state index in [4.69, 9.17) is 4.74 Å². The lowest BCUT2D eigenvalue weighted by Crippen LogP contribution is -3.13. The van der Waals surface area contributed by atoms with Crippen LogP contribution < -0.4 is 15.0 Å². The number of ether oxygens (including phenoxy) is 1. The van der Waals surface area contributed by atoms with Crippen molar-refractivity contribution in [2.75, 3.05) is 20.3 Å². The summed E-state index contributed by atoms with van der Waals surface area (Å²) in [5.41, 5.74) is 2.31. The molecule has 1 unspecified atom stereocenters. The minimum absolute atomic E-state index is 0.216. The van der Waals surface area contributed by atoms with E-state index in [-0.39, 0.29) is 11.9 Å². The van der Waals surface area contributed by atoms with Crippen molar-refractivity contribution >= 4 is 11.9 Å². The summed E-state index contributed by atoms with van der Waals surface area (Å²) in [5, 5.41) is 2.88. The van der Waals surface area contributed by atoms with Crippen LogP contribution in [0.25, 0.3) is 0 Å². The van der Waals surface area contributed by atoms with Crippen LogP contribution in [0.3, 0.4) is 0 Å². The average Bonchev–Trinajstić information content (AvgIpc) is 2.92. The van der Waals surface area contributed by atoms with Gasteiger partial charge in [0.05, 0.1) is 13.7 Å². The first-order valence-corrected chi connectivity index (χ1v) is 9.20. The maximum Gasteiger partial charge on any atom is 0.329 e. The van der Waals surface area contributed by atoms with Gasteiger partial charge in [-0.2, -0.15) is 0 Å². The van der Waals surface area contributed by atoms with E-state index in [0.29, 0.717) is 12.4 Å². The topological polar surface area (TPSA) is 63.1 Å². The molecule has 0 spiro atoms. The summed E-state index contributed by atoms with van der Waals surface area (Å²) in [6.45, 7) is 3.86. The molecule has 2 N–H and O–H groups in total. The number of carbonyl (C=O) groups excluding carboxylic acids is 2. The summed E-state index contributed by atoms with van der Waals surface area (Å²) in [4.78, 5) is 28.3. The quantitative estimate of drug-likeness (QED) is 0.796. The van der Waals surface area contributed by atoms with Gasteiger partial charge in [0.25, 0.3) is 5.91 Å². The molecule has 6 heteroatoms. The number of carbonyl (C=O) groups is 2. The second-order valence-electron chi connectivity index (χ2n) is 7.37. The van der Waals surface area contributed by atoms with E-state index in [9.17, 15) is 9.59 Å². The molecular formula is C21H24N3O3+. The van der Waals surface area contributed by atoms with Gasteiger partial charge in [0, 0.05) is 12.0 Å². The van der Waals surface area contributed by atoms with Gasteiger partial charge >= 0.3 is 6.03 Å². The number of nitrogens with one attached hydrogen (secondary N) is 2. The molecule has 0 aromatic heterocycles. The van der Waals surface area contributed by atoms with Gasteiger partial charge in [0.2, 0.25) is 0 Å². The molecule has 0 saturated carbocycles. The summed E-state index contributed by atoms with van der Waals surface area (Å²) in [6.07, 6.45) is 0.961. The smallest absolute Gasteiger partial charge is 0.329 e. The number of benzene rings is 2. The van der Waals surface area contributed by atoms with Crippen molar-refractivity contribution in [3.63, 3.8) is 0 Å². The maximum atomic E-state index is 13.1. The Kier molecular flexibility index (Phi) is 4.36. The molecule has 2 aliphatic rings. The predicted octanol–water partition coefficient (Wildman–Crippen LogP) is 1.06. The fourth-order valence-corrected chi connectivity index (χ4v) is 3.97. The van der Waals surface area contributed by atoms with Crippen LogP contribution in [-0.2, 0) is 23.3 Å². The number of amides is 3. The normalized spacial score (nSPS) is 24.5. The molecule has 0 radical (unpaired) electrons. The number of hydrogen-bond donors (Lipinski definition) is 2. The van der Waals surface area contributed by atoms with Crippen LogP contribution in [-0.4, -0.2) is 37.2 Å². The van der Waals surface area contributed by atoms with Crippen LogP contribution in [0.2, 0.25) is 0 Å². The summed E-state index contributed by atoms with van der Waals surface area (Å²) in [7, 11) is 1.58. The molecule has 1 saturated heterocycles. The first kappa shape index (κ1) is 17.5. The second kappa shape index (κ2) is 6.70. The Labute approximate surface area is 158 Å². The number of urea groups is 1. The molecule has 2 aromatic rings. The molecule has 1 fully saturated rings. The maximum absolute atomic E-state index is 13.1. The number of fused-ring (bicyclic) bond motifs is 1. The van der Waals surface area contributed by atoms with Crippen molar-refractivity contribution in [3.05, 3.63) is 65.2 Å². The standard InChI is InChI=1S/C21H23N3O3/c1-21(17-8-5-9-18(12-17)27-2)19(25)24(20(26)22-21)14-23-11-10-15-6-3-4-7-16(15)13-23/h3-9,12H,10-11,13-14H2,1-2H3,(H,22,26)/p+1/t21-/m0/s1. The number of quaternary nitrogens is 1. The Balaban J connectivity index is 1.53. The predicted molar refractivity (Wildman–Crippen MR) is 100 cm³/mol. The van der Waals surface area contributed by atoms with E-state index in [0.717, 1.165) is 25.1 Å². The molecule has 0 aliphatic carbocycles. The monoisotopic (exact) mass is 366 g/mol. The summed E-state index contributed by atoms with van der Waals surface area (Å²) < 4.78 is 5.26. The van der Waals surface area contributed by atoms with Crippen molar-refractivity contribution in [2.24, 2.45) is 0 Å². The van der Waals surface area contributed by atoms with Crippen LogP contribution >= 0.6 is 0 Å². The number of methoxy groups -OCH3 is 1. The Morgan fingerprint density at radius 2 is 1.93 bits per heavy atom. The van der Waals surface area contributed by atoms with Gasteiger partial charge in [-0.25, -0.2) is 9.69 Å². The molecule has 140 valence electrons. The third kappa shape index (κ3) is 3.06. The number of nitrogens with zero attached hydrogens (tertiary/aromatic N) is 1. The minimum atomic E-state index is -1.07. The van der Waals surface area contributed by atoms with Crippen LogP contribution in [0.5, 0.6) is 5.75 Å².